The highest BCUT2D eigenvalue weighted by Gasteiger charge is 1.98. The minimum atomic E-state index is 0.243. The van der Waals surface area contributed by atoms with Crippen molar-refractivity contribution < 1.29 is 0 Å². The summed E-state index contributed by atoms with van der Waals surface area (Å²) in [7, 11) is 0. The van der Waals surface area contributed by atoms with Gasteiger partial charge in [-0.25, -0.2) is 0 Å². The molecule has 0 aliphatic heterocycles. The minimum absolute atomic E-state index is 0.243. The van der Waals surface area contributed by atoms with Crippen molar-refractivity contribution in [2.75, 3.05) is 0 Å². The lowest BCUT2D eigenvalue weighted by atomic mass is 10.1. The molecule has 3 N–H and O–H groups in total. The number of thiocarbonyl (C=S) groups is 2. The molecular weight excluding hydrogens is 212 g/mol. The van der Waals surface area contributed by atoms with Crippen LogP contribution >= 0.6 is 24.4 Å². The average Bonchev–Trinajstić information content (AvgIpc) is 2.16. The Morgan fingerprint density at radius 1 is 1.29 bits per heavy atom. The van der Waals surface area contributed by atoms with Gasteiger partial charge in [-0.3, -0.25) is 0 Å². The molecule has 0 amide bonds. The molecule has 0 spiro atoms. The Kier molecular flexibility index (Phi) is 3.98. The number of aryl methyl sites for hydroxylation is 1. The first-order valence-electron chi connectivity index (χ1n) is 4.23. The van der Waals surface area contributed by atoms with Crippen LogP contribution in [0.1, 0.15) is 11.1 Å². The third-order valence-corrected chi connectivity index (χ3v) is 2.50. The molecule has 0 radical (unpaired) electrons. The molecule has 0 bridgehead atoms. The van der Waals surface area contributed by atoms with Crippen LogP contribution < -0.4 is 11.1 Å². The number of benzene rings is 1. The third kappa shape index (κ3) is 3.40. The summed E-state index contributed by atoms with van der Waals surface area (Å²) in [6.07, 6.45) is 0. The van der Waals surface area contributed by atoms with Gasteiger partial charge >= 0.3 is 0 Å². The summed E-state index contributed by atoms with van der Waals surface area (Å²) < 4.78 is 0. The Morgan fingerprint density at radius 2 is 1.86 bits per heavy atom. The molecule has 1 aromatic rings. The van der Waals surface area contributed by atoms with E-state index in [-0.39, 0.29) is 4.99 Å². The zero-order valence-corrected chi connectivity index (χ0v) is 9.54. The van der Waals surface area contributed by atoms with Crippen molar-refractivity contribution >= 4 is 34.4 Å². The van der Waals surface area contributed by atoms with Crippen molar-refractivity contribution in [3.63, 3.8) is 0 Å². The molecule has 0 aliphatic carbocycles. The summed E-state index contributed by atoms with van der Waals surface area (Å²) in [5.41, 5.74) is 7.75. The maximum absolute atomic E-state index is 5.35. The summed E-state index contributed by atoms with van der Waals surface area (Å²) in [6, 6.07) is 8.21. The van der Waals surface area contributed by atoms with Gasteiger partial charge in [-0.15, -0.1) is 0 Å². The first-order valence-corrected chi connectivity index (χ1v) is 5.04. The zero-order chi connectivity index (χ0) is 10.6. The van der Waals surface area contributed by atoms with E-state index in [1.54, 1.807) is 0 Å². The molecule has 0 saturated carbocycles. The van der Waals surface area contributed by atoms with E-state index in [9.17, 15) is 0 Å². The van der Waals surface area contributed by atoms with Crippen LogP contribution in [0.5, 0.6) is 0 Å². The van der Waals surface area contributed by atoms with Crippen LogP contribution in [0.4, 0.5) is 0 Å². The Hall–Kier alpha value is -1.00. The highest BCUT2D eigenvalue weighted by molar-refractivity contribution is 7.89. The van der Waals surface area contributed by atoms with Crippen LogP contribution in [-0.4, -0.2) is 9.98 Å². The van der Waals surface area contributed by atoms with Gasteiger partial charge in [0.2, 0.25) is 0 Å². The molecule has 1 aromatic carbocycles. The van der Waals surface area contributed by atoms with E-state index >= 15 is 0 Å². The lowest BCUT2D eigenvalue weighted by Gasteiger charge is -2.06. The van der Waals surface area contributed by atoms with Crippen molar-refractivity contribution in [2.24, 2.45) is 5.73 Å². The fourth-order valence-corrected chi connectivity index (χ4v) is 1.12. The van der Waals surface area contributed by atoms with Gasteiger partial charge in [0.05, 0.1) is 0 Å². The standard InChI is InChI=1S/C10H12N2S2/c1-7-2-4-8(5-3-7)6-12-10(14)9(11)13/h2-5H,6H2,1H3,(H2,11,13)(H,12,14). The summed E-state index contributed by atoms with van der Waals surface area (Å²) in [6.45, 7) is 2.72. The molecule has 0 aliphatic rings. The van der Waals surface area contributed by atoms with Gasteiger partial charge in [0.1, 0.15) is 9.98 Å². The summed E-state index contributed by atoms with van der Waals surface area (Å²) in [5.74, 6) is 0. The van der Waals surface area contributed by atoms with Gasteiger partial charge in [0, 0.05) is 6.54 Å². The molecule has 74 valence electrons. The number of hydrogen-bond acceptors (Lipinski definition) is 2. The maximum Gasteiger partial charge on any atom is 0.134 e. The highest BCUT2D eigenvalue weighted by Crippen LogP contribution is 2.02. The second-order valence-electron chi connectivity index (χ2n) is 3.03. The molecular formula is C10H12N2S2. The second kappa shape index (κ2) is 5.02. The topological polar surface area (TPSA) is 38.0 Å². The summed E-state index contributed by atoms with van der Waals surface area (Å²) in [4.78, 5) is 0.688. The quantitative estimate of drug-likeness (QED) is 0.750. The van der Waals surface area contributed by atoms with E-state index in [4.69, 9.17) is 30.2 Å². The number of nitrogens with two attached hydrogens (primary N) is 1. The van der Waals surface area contributed by atoms with Crippen molar-refractivity contribution in [3.05, 3.63) is 35.4 Å². The van der Waals surface area contributed by atoms with Crippen molar-refractivity contribution in [2.45, 2.75) is 13.5 Å². The average molecular weight is 224 g/mol. The summed E-state index contributed by atoms with van der Waals surface area (Å²) in [5, 5.41) is 2.98. The van der Waals surface area contributed by atoms with Gasteiger partial charge in [0.15, 0.2) is 0 Å². The van der Waals surface area contributed by atoms with E-state index in [1.807, 2.05) is 12.1 Å². The van der Waals surface area contributed by atoms with Gasteiger partial charge in [-0.2, -0.15) is 0 Å². The van der Waals surface area contributed by atoms with E-state index < -0.39 is 0 Å². The Labute approximate surface area is 94.5 Å². The predicted molar refractivity (Wildman–Crippen MR) is 67.4 cm³/mol. The largest absolute Gasteiger partial charge is 0.388 e. The predicted octanol–water partition coefficient (Wildman–Crippen LogP) is 1.70. The van der Waals surface area contributed by atoms with Gasteiger partial charge in [-0.1, -0.05) is 54.3 Å². The number of hydrogen-bond donors (Lipinski definition) is 2. The third-order valence-electron chi connectivity index (χ3n) is 1.80. The molecule has 0 fully saturated rings. The first-order chi connectivity index (χ1) is 6.59. The zero-order valence-electron chi connectivity index (χ0n) is 7.91. The first kappa shape index (κ1) is 11.1. The molecule has 0 unspecified atom stereocenters. The highest BCUT2D eigenvalue weighted by atomic mass is 32.1. The van der Waals surface area contributed by atoms with E-state index in [2.05, 4.69) is 24.4 Å². The van der Waals surface area contributed by atoms with Crippen molar-refractivity contribution in [3.8, 4) is 0 Å². The molecule has 0 aromatic heterocycles. The molecule has 0 atom stereocenters. The van der Waals surface area contributed by atoms with Gasteiger partial charge in [-0.05, 0) is 12.5 Å². The lowest BCUT2D eigenvalue weighted by molar-refractivity contribution is 0.935. The molecule has 2 nitrogen and oxygen atoms in total. The fraction of sp³-hybridized carbons (Fsp3) is 0.200. The van der Waals surface area contributed by atoms with Gasteiger partial charge in [0.25, 0.3) is 0 Å². The fourth-order valence-electron chi connectivity index (χ4n) is 0.975. The lowest BCUT2D eigenvalue weighted by Crippen LogP contribution is -2.32. The van der Waals surface area contributed by atoms with Crippen LogP contribution in [0.2, 0.25) is 0 Å². The molecule has 14 heavy (non-hydrogen) atoms. The Balaban J connectivity index is 2.50. The monoisotopic (exact) mass is 224 g/mol. The number of rotatable bonds is 2. The van der Waals surface area contributed by atoms with Crippen LogP contribution in [0, 0.1) is 6.92 Å². The van der Waals surface area contributed by atoms with Crippen LogP contribution in [-0.2, 0) is 6.54 Å². The number of nitrogens with one attached hydrogen (secondary N) is 1. The van der Waals surface area contributed by atoms with E-state index in [1.165, 1.54) is 5.56 Å². The van der Waals surface area contributed by atoms with Crippen LogP contribution in [0.3, 0.4) is 0 Å². The Morgan fingerprint density at radius 3 is 2.36 bits per heavy atom. The smallest absolute Gasteiger partial charge is 0.134 e. The molecule has 4 heteroatoms. The SMILES string of the molecule is Cc1ccc(CNC(=S)C(N)=S)cc1. The normalized spacial score (nSPS) is 9.50. The minimum Gasteiger partial charge on any atom is -0.388 e. The van der Waals surface area contributed by atoms with Gasteiger partial charge < -0.3 is 11.1 Å². The Bertz CT molecular complexity index is 344. The van der Waals surface area contributed by atoms with E-state index in [0.717, 1.165) is 5.56 Å². The van der Waals surface area contributed by atoms with E-state index in [0.29, 0.717) is 11.5 Å². The second-order valence-corrected chi connectivity index (χ2v) is 3.88. The summed E-state index contributed by atoms with van der Waals surface area (Å²) >= 11 is 9.65. The van der Waals surface area contributed by atoms with Crippen molar-refractivity contribution in [1.82, 2.24) is 5.32 Å². The molecule has 0 heterocycles. The van der Waals surface area contributed by atoms with Crippen LogP contribution in [0.25, 0.3) is 0 Å². The molecule has 1 rings (SSSR count). The molecule has 0 saturated heterocycles. The maximum atomic E-state index is 5.35. The van der Waals surface area contributed by atoms with Crippen LogP contribution in [0.15, 0.2) is 24.3 Å². The van der Waals surface area contributed by atoms with Crippen molar-refractivity contribution in [1.29, 1.82) is 0 Å².